The molecule has 1 aromatic rings. The van der Waals surface area contributed by atoms with Crippen LogP contribution in [0.4, 0.5) is 8.78 Å². The molecule has 0 amide bonds. The maximum atomic E-state index is 13.7. The van der Waals surface area contributed by atoms with Crippen molar-refractivity contribution in [2.45, 2.75) is 109 Å². The van der Waals surface area contributed by atoms with E-state index in [1.807, 2.05) is 0 Å². The van der Waals surface area contributed by atoms with Gasteiger partial charge in [0.05, 0.1) is 0 Å². The summed E-state index contributed by atoms with van der Waals surface area (Å²) in [4.78, 5) is 0. The predicted molar refractivity (Wildman–Crippen MR) is 121 cm³/mol. The fourth-order valence-electron chi connectivity index (χ4n) is 7.28. The fraction of sp³-hybridized carbons (Fsp3) is 0.786. The van der Waals surface area contributed by atoms with E-state index in [4.69, 9.17) is 0 Å². The first-order valence-electron chi connectivity index (χ1n) is 13.1. The fourth-order valence-corrected chi connectivity index (χ4v) is 7.28. The van der Waals surface area contributed by atoms with E-state index >= 15 is 0 Å². The summed E-state index contributed by atoms with van der Waals surface area (Å²) in [5, 5.41) is 0. The first-order chi connectivity index (χ1) is 14.6. The SMILES string of the molecule is CCCCCCC1CCC(C2CCC3CC(c4cc(F)cc(F)c4)CCC3C2)CC1. The Morgan fingerprint density at radius 2 is 1.27 bits per heavy atom. The van der Waals surface area contributed by atoms with Gasteiger partial charge in [0, 0.05) is 6.07 Å². The summed E-state index contributed by atoms with van der Waals surface area (Å²) >= 11 is 0. The van der Waals surface area contributed by atoms with Gasteiger partial charge in [-0.25, -0.2) is 8.78 Å². The van der Waals surface area contributed by atoms with Gasteiger partial charge >= 0.3 is 0 Å². The minimum absolute atomic E-state index is 0.358. The number of hydrogen-bond acceptors (Lipinski definition) is 0. The second-order valence-electron chi connectivity index (χ2n) is 10.9. The molecule has 0 N–H and O–H groups in total. The highest BCUT2D eigenvalue weighted by molar-refractivity contribution is 5.22. The topological polar surface area (TPSA) is 0 Å². The maximum Gasteiger partial charge on any atom is 0.126 e. The molecule has 0 saturated heterocycles. The highest BCUT2D eigenvalue weighted by Crippen LogP contribution is 2.51. The molecule has 0 aromatic heterocycles. The lowest BCUT2D eigenvalue weighted by Crippen LogP contribution is -2.34. The monoisotopic (exact) mass is 416 g/mol. The molecular formula is C28H42F2. The number of benzene rings is 1. The van der Waals surface area contributed by atoms with E-state index in [0.717, 1.165) is 54.1 Å². The minimum atomic E-state index is -0.420. The third-order valence-electron chi connectivity index (χ3n) is 9.03. The van der Waals surface area contributed by atoms with E-state index in [-0.39, 0.29) is 0 Å². The molecule has 0 heterocycles. The highest BCUT2D eigenvalue weighted by atomic mass is 19.1. The van der Waals surface area contributed by atoms with Crippen LogP contribution < -0.4 is 0 Å². The zero-order valence-electron chi connectivity index (χ0n) is 19.1. The van der Waals surface area contributed by atoms with Gasteiger partial charge in [0.2, 0.25) is 0 Å². The van der Waals surface area contributed by atoms with E-state index in [2.05, 4.69) is 6.92 Å². The molecule has 0 radical (unpaired) electrons. The van der Waals surface area contributed by atoms with Crippen LogP contribution in [0.25, 0.3) is 0 Å². The van der Waals surface area contributed by atoms with Crippen LogP contribution in [0.15, 0.2) is 18.2 Å². The molecule has 0 spiro atoms. The quantitative estimate of drug-likeness (QED) is 0.389. The third-order valence-corrected chi connectivity index (χ3v) is 9.03. The van der Waals surface area contributed by atoms with Crippen LogP contribution in [0, 0.1) is 41.2 Å². The van der Waals surface area contributed by atoms with Crippen molar-refractivity contribution in [2.75, 3.05) is 0 Å². The minimum Gasteiger partial charge on any atom is -0.207 e. The second kappa shape index (κ2) is 10.6. The Hall–Kier alpha value is -0.920. The third kappa shape index (κ3) is 5.65. The van der Waals surface area contributed by atoms with Crippen molar-refractivity contribution in [1.82, 2.24) is 0 Å². The molecule has 0 nitrogen and oxygen atoms in total. The van der Waals surface area contributed by atoms with Crippen molar-refractivity contribution < 1.29 is 8.78 Å². The first kappa shape index (κ1) is 22.3. The molecule has 4 atom stereocenters. The Balaban J connectivity index is 1.23. The Bertz CT molecular complexity index is 640. The molecule has 2 heteroatoms. The zero-order chi connectivity index (χ0) is 20.9. The molecule has 30 heavy (non-hydrogen) atoms. The molecule has 4 rings (SSSR count). The normalized spacial score (nSPS) is 34.5. The molecule has 3 aliphatic carbocycles. The number of hydrogen-bond donors (Lipinski definition) is 0. The largest absolute Gasteiger partial charge is 0.207 e. The standard InChI is InChI=1S/C28H42F2/c1-2-3-4-5-6-20-7-9-21(10-8-20)22-11-12-24-16-25(14-13-23(24)15-22)26-17-27(29)19-28(30)18-26/h17-25H,2-16H2,1H3. The van der Waals surface area contributed by atoms with Gasteiger partial charge in [0.1, 0.15) is 11.6 Å². The van der Waals surface area contributed by atoms with E-state index < -0.39 is 11.6 Å². The van der Waals surface area contributed by atoms with Crippen molar-refractivity contribution in [3.63, 3.8) is 0 Å². The van der Waals surface area contributed by atoms with Gasteiger partial charge in [-0.15, -0.1) is 0 Å². The number of rotatable bonds is 7. The molecule has 0 aliphatic heterocycles. The van der Waals surface area contributed by atoms with Crippen LogP contribution in [0.1, 0.15) is 115 Å². The van der Waals surface area contributed by atoms with E-state index in [9.17, 15) is 8.78 Å². The molecule has 0 bridgehead atoms. The van der Waals surface area contributed by atoms with Crippen LogP contribution in [0.2, 0.25) is 0 Å². The molecule has 168 valence electrons. The van der Waals surface area contributed by atoms with Crippen LogP contribution in [0.5, 0.6) is 0 Å². The summed E-state index contributed by atoms with van der Waals surface area (Å²) in [7, 11) is 0. The Kier molecular flexibility index (Phi) is 7.87. The smallest absolute Gasteiger partial charge is 0.126 e. The molecule has 3 saturated carbocycles. The molecule has 3 fully saturated rings. The lowest BCUT2D eigenvalue weighted by Gasteiger charge is -2.45. The summed E-state index contributed by atoms with van der Waals surface area (Å²) in [6.07, 6.45) is 20.7. The van der Waals surface area contributed by atoms with Crippen LogP contribution in [0.3, 0.4) is 0 Å². The zero-order valence-corrected chi connectivity index (χ0v) is 19.1. The van der Waals surface area contributed by atoms with Gasteiger partial charge < -0.3 is 0 Å². The van der Waals surface area contributed by atoms with Crippen LogP contribution in [-0.2, 0) is 0 Å². The van der Waals surface area contributed by atoms with Crippen molar-refractivity contribution >= 4 is 0 Å². The van der Waals surface area contributed by atoms with Crippen molar-refractivity contribution in [1.29, 1.82) is 0 Å². The number of halogens is 2. The predicted octanol–water partition coefficient (Wildman–Crippen LogP) is 9.04. The first-order valence-corrected chi connectivity index (χ1v) is 13.1. The van der Waals surface area contributed by atoms with Crippen molar-refractivity contribution in [3.05, 3.63) is 35.4 Å². The van der Waals surface area contributed by atoms with E-state index in [0.29, 0.717) is 5.92 Å². The Morgan fingerprint density at radius 1 is 0.667 bits per heavy atom. The van der Waals surface area contributed by atoms with Gasteiger partial charge in [0.15, 0.2) is 0 Å². The van der Waals surface area contributed by atoms with Crippen LogP contribution in [-0.4, -0.2) is 0 Å². The van der Waals surface area contributed by atoms with Gasteiger partial charge in [-0.05, 0) is 105 Å². The number of fused-ring (bicyclic) bond motifs is 1. The van der Waals surface area contributed by atoms with Gasteiger partial charge in [-0.1, -0.05) is 51.9 Å². The van der Waals surface area contributed by atoms with Crippen LogP contribution >= 0.6 is 0 Å². The summed E-state index contributed by atoms with van der Waals surface area (Å²) < 4.78 is 27.3. The highest BCUT2D eigenvalue weighted by Gasteiger charge is 2.39. The second-order valence-corrected chi connectivity index (χ2v) is 10.9. The lowest BCUT2D eigenvalue weighted by atomic mass is 9.60. The van der Waals surface area contributed by atoms with Gasteiger partial charge in [-0.2, -0.15) is 0 Å². The average molecular weight is 417 g/mol. The van der Waals surface area contributed by atoms with E-state index in [1.54, 1.807) is 12.1 Å². The van der Waals surface area contributed by atoms with E-state index in [1.165, 1.54) is 83.5 Å². The Morgan fingerprint density at radius 3 is 1.97 bits per heavy atom. The average Bonchev–Trinajstić information content (AvgIpc) is 2.76. The number of unbranched alkanes of at least 4 members (excludes halogenated alkanes) is 3. The summed E-state index contributed by atoms with van der Waals surface area (Å²) in [6, 6.07) is 4.14. The molecular weight excluding hydrogens is 374 g/mol. The molecule has 3 aliphatic rings. The lowest BCUT2D eigenvalue weighted by molar-refractivity contribution is 0.0709. The van der Waals surface area contributed by atoms with Crippen molar-refractivity contribution in [2.24, 2.45) is 29.6 Å². The maximum absolute atomic E-state index is 13.7. The van der Waals surface area contributed by atoms with Gasteiger partial charge in [0.25, 0.3) is 0 Å². The summed E-state index contributed by atoms with van der Waals surface area (Å²) in [6.45, 7) is 2.30. The summed E-state index contributed by atoms with van der Waals surface area (Å²) in [5.74, 6) is 4.11. The summed E-state index contributed by atoms with van der Waals surface area (Å²) in [5.41, 5.74) is 0.894. The molecule has 1 aromatic carbocycles. The molecule has 4 unspecified atom stereocenters. The van der Waals surface area contributed by atoms with Gasteiger partial charge in [-0.3, -0.25) is 0 Å². The Labute approximate surface area is 183 Å². The van der Waals surface area contributed by atoms with Crippen molar-refractivity contribution in [3.8, 4) is 0 Å².